The van der Waals surface area contributed by atoms with Gasteiger partial charge in [0.05, 0.1) is 18.4 Å². The fourth-order valence-electron chi connectivity index (χ4n) is 3.10. The molecule has 0 unspecified atom stereocenters. The standard InChI is InChI=1S/C23H18BrNO5/c1-28-17-4-2-3-15(11-17)23(27)25-19-13-21-20(29-9-10-30-21)12-18(19)22(26)14-5-7-16(24)8-6-14/h2-8,11-13H,9-10H2,1H3,(H,25,27). The van der Waals surface area contributed by atoms with Gasteiger partial charge in [-0.3, -0.25) is 9.59 Å². The van der Waals surface area contributed by atoms with Gasteiger partial charge in [0.1, 0.15) is 19.0 Å². The third kappa shape index (κ3) is 4.16. The van der Waals surface area contributed by atoms with Crippen molar-refractivity contribution in [3.05, 3.63) is 81.8 Å². The SMILES string of the molecule is COc1cccc(C(=O)Nc2cc3c(cc2C(=O)c2ccc(Br)cc2)OCCO3)c1. The molecule has 0 fully saturated rings. The molecule has 0 bridgehead atoms. The summed E-state index contributed by atoms with van der Waals surface area (Å²) in [5.41, 5.74) is 1.57. The zero-order valence-corrected chi connectivity index (χ0v) is 17.7. The highest BCUT2D eigenvalue weighted by molar-refractivity contribution is 9.10. The predicted octanol–water partition coefficient (Wildman–Crippen LogP) is 4.71. The summed E-state index contributed by atoms with van der Waals surface area (Å²) in [5.74, 6) is 0.919. The first-order valence-corrected chi connectivity index (χ1v) is 10.0. The maximum absolute atomic E-state index is 13.2. The third-order valence-electron chi connectivity index (χ3n) is 4.61. The van der Waals surface area contributed by atoms with Gasteiger partial charge in [-0.25, -0.2) is 0 Å². The molecule has 152 valence electrons. The Labute approximate surface area is 181 Å². The molecule has 6 nitrogen and oxygen atoms in total. The van der Waals surface area contributed by atoms with E-state index in [1.165, 1.54) is 7.11 Å². The lowest BCUT2D eigenvalue weighted by molar-refractivity contribution is 0.102. The number of amides is 1. The Morgan fingerprint density at radius 3 is 2.33 bits per heavy atom. The Morgan fingerprint density at radius 1 is 0.933 bits per heavy atom. The van der Waals surface area contributed by atoms with Crippen molar-refractivity contribution in [2.75, 3.05) is 25.6 Å². The van der Waals surface area contributed by atoms with Crippen molar-refractivity contribution in [3.63, 3.8) is 0 Å². The molecule has 0 saturated carbocycles. The van der Waals surface area contributed by atoms with Crippen LogP contribution in [0.25, 0.3) is 0 Å². The number of benzene rings is 3. The maximum Gasteiger partial charge on any atom is 0.255 e. The smallest absolute Gasteiger partial charge is 0.255 e. The van der Waals surface area contributed by atoms with E-state index in [4.69, 9.17) is 14.2 Å². The molecule has 0 spiro atoms. The summed E-state index contributed by atoms with van der Waals surface area (Å²) < 4.78 is 17.3. The maximum atomic E-state index is 13.2. The Morgan fingerprint density at radius 2 is 1.63 bits per heavy atom. The van der Waals surface area contributed by atoms with E-state index in [-0.39, 0.29) is 11.7 Å². The zero-order chi connectivity index (χ0) is 21.1. The first-order chi connectivity index (χ1) is 14.5. The molecule has 0 aliphatic carbocycles. The second-order valence-corrected chi connectivity index (χ2v) is 7.48. The minimum absolute atomic E-state index is 0.236. The molecule has 1 heterocycles. The van der Waals surface area contributed by atoms with E-state index < -0.39 is 0 Å². The molecule has 1 aliphatic rings. The molecule has 4 rings (SSSR count). The highest BCUT2D eigenvalue weighted by Gasteiger charge is 2.22. The number of ether oxygens (including phenoxy) is 3. The van der Waals surface area contributed by atoms with Crippen LogP contribution in [0.3, 0.4) is 0 Å². The molecular formula is C23H18BrNO5. The first-order valence-electron chi connectivity index (χ1n) is 9.24. The van der Waals surface area contributed by atoms with E-state index in [1.807, 2.05) is 0 Å². The summed E-state index contributed by atoms with van der Waals surface area (Å²) in [6.45, 7) is 0.796. The topological polar surface area (TPSA) is 73.9 Å². The van der Waals surface area contributed by atoms with Crippen molar-refractivity contribution < 1.29 is 23.8 Å². The number of hydrogen-bond acceptors (Lipinski definition) is 5. The van der Waals surface area contributed by atoms with Gasteiger partial charge in [0, 0.05) is 21.7 Å². The number of halogens is 1. The lowest BCUT2D eigenvalue weighted by Crippen LogP contribution is -2.19. The Balaban J connectivity index is 1.72. The van der Waals surface area contributed by atoms with Gasteiger partial charge < -0.3 is 19.5 Å². The number of nitrogens with one attached hydrogen (secondary N) is 1. The van der Waals surface area contributed by atoms with Crippen molar-refractivity contribution in [3.8, 4) is 17.2 Å². The highest BCUT2D eigenvalue weighted by Crippen LogP contribution is 2.37. The summed E-state index contributed by atoms with van der Waals surface area (Å²) in [6, 6.07) is 17.0. The van der Waals surface area contributed by atoms with E-state index in [2.05, 4.69) is 21.2 Å². The monoisotopic (exact) mass is 467 g/mol. The summed E-state index contributed by atoms with van der Waals surface area (Å²) in [6.07, 6.45) is 0. The molecular weight excluding hydrogens is 450 g/mol. The van der Waals surface area contributed by atoms with Crippen LogP contribution in [0.4, 0.5) is 5.69 Å². The number of hydrogen-bond donors (Lipinski definition) is 1. The summed E-state index contributed by atoms with van der Waals surface area (Å²) in [4.78, 5) is 26.0. The van der Waals surface area contributed by atoms with E-state index in [1.54, 1.807) is 60.7 Å². The van der Waals surface area contributed by atoms with E-state index in [9.17, 15) is 9.59 Å². The summed E-state index contributed by atoms with van der Waals surface area (Å²) in [7, 11) is 1.53. The number of carbonyl (C=O) groups excluding carboxylic acids is 2. The second kappa shape index (κ2) is 8.59. The van der Waals surface area contributed by atoms with E-state index >= 15 is 0 Å². The molecule has 0 saturated heterocycles. The van der Waals surface area contributed by atoms with Gasteiger partial charge >= 0.3 is 0 Å². The third-order valence-corrected chi connectivity index (χ3v) is 5.14. The molecule has 0 radical (unpaired) electrons. The van der Waals surface area contributed by atoms with Crippen LogP contribution in [-0.2, 0) is 0 Å². The van der Waals surface area contributed by atoms with Crippen LogP contribution in [0.1, 0.15) is 26.3 Å². The van der Waals surface area contributed by atoms with Crippen molar-refractivity contribution in [1.82, 2.24) is 0 Å². The Kier molecular flexibility index (Phi) is 5.72. The molecule has 3 aromatic carbocycles. The summed E-state index contributed by atoms with van der Waals surface area (Å²) in [5, 5.41) is 2.83. The minimum atomic E-state index is -0.365. The lowest BCUT2D eigenvalue weighted by atomic mass is 10.0. The van der Waals surface area contributed by atoms with Gasteiger partial charge in [0.15, 0.2) is 17.3 Å². The van der Waals surface area contributed by atoms with Crippen LogP contribution >= 0.6 is 15.9 Å². The average molecular weight is 468 g/mol. The fraction of sp³-hybridized carbons (Fsp3) is 0.130. The van der Waals surface area contributed by atoms with Crippen LogP contribution < -0.4 is 19.5 Å². The average Bonchev–Trinajstić information content (AvgIpc) is 2.78. The number of anilines is 1. The van der Waals surface area contributed by atoms with Gasteiger partial charge in [-0.05, 0) is 48.5 Å². The lowest BCUT2D eigenvalue weighted by Gasteiger charge is -2.21. The van der Waals surface area contributed by atoms with Crippen molar-refractivity contribution >= 4 is 33.3 Å². The van der Waals surface area contributed by atoms with Gasteiger partial charge in [0.2, 0.25) is 0 Å². The summed E-state index contributed by atoms with van der Waals surface area (Å²) >= 11 is 3.37. The molecule has 7 heteroatoms. The number of fused-ring (bicyclic) bond motifs is 1. The zero-order valence-electron chi connectivity index (χ0n) is 16.1. The van der Waals surface area contributed by atoms with Crippen molar-refractivity contribution in [2.24, 2.45) is 0 Å². The molecule has 3 aromatic rings. The number of ketones is 1. The molecule has 1 N–H and O–H groups in total. The normalized spacial score (nSPS) is 12.2. The van der Waals surface area contributed by atoms with Crippen LogP contribution in [0.15, 0.2) is 65.1 Å². The predicted molar refractivity (Wildman–Crippen MR) is 116 cm³/mol. The number of carbonyl (C=O) groups is 2. The minimum Gasteiger partial charge on any atom is -0.497 e. The van der Waals surface area contributed by atoms with E-state index in [0.29, 0.717) is 52.8 Å². The Bertz CT molecular complexity index is 1110. The van der Waals surface area contributed by atoms with Crippen LogP contribution in [-0.4, -0.2) is 32.0 Å². The first kappa shape index (κ1) is 20.0. The molecule has 1 amide bonds. The van der Waals surface area contributed by atoms with Crippen LogP contribution in [0.2, 0.25) is 0 Å². The van der Waals surface area contributed by atoms with Gasteiger partial charge in [-0.15, -0.1) is 0 Å². The molecule has 1 aliphatic heterocycles. The largest absolute Gasteiger partial charge is 0.497 e. The van der Waals surface area contributed by atoms with Crippen molar-refractivity contribution in [1.29, 1.82) is 0 Å². The molecule has 30 heavy (non-hydrogen) atoms. The van der Waals surface area contributed by atoms with E-state index in [0.717, 1.165) is 4.47 Å². The second-order valence-electron chi connectivity index (χ2n) is 6.56. The highest BCUT2D eigenvalue weighted by atomic mass is 79.9. The van der Waals surface area contributed by atoms with Gasteiger partial charge in [-0.2, -0.15) is 0 Å². The van der Waals surface area contributed by atoms with Crippen molar-refractivity contribution in [2.45, 2.75) is 0 Å². The van der Waals surface area contributed by atoms with Crippen LogP contribution in [0, 0.1) is 0 Å². The van der Waals surface area contributed by atoms with Crippen LogP contribution in [0.5, 0.6) is 17.2 Å². The Hall–Kier alpha value is -3.32. The number of rotatable bonds is 5. The fourth-order valence-corrected chi connectivity index (χ4v) is 3.36. The van der Waals surface area contributed by atoms with Gasteiger partial charge in [0.25, 0.3) is 5.91 Å². The van der Waals surface area contributed by atoms with Gasteiger partial charge in [-0.1, -0.05) is 22.0 Å². The molecule has 0 atom stereocenters. The quantitative estimate of drug-likeness (QED) is 0.549. The molecule has 0 aromatic heterocycles. The number of methoxy groups -OCH3 is 1.